The van der Waals surface area contributed by atoms with Crippen molar-refractivity contribution in [3.63, 3.8) is 0 Å². The molecule has 0 aliphatic rings. The van der Waals surface area contributed by atoms with Crippen molar-refractivity contribution in [2.24, 2.45) is 5.73 Å². The molecule has 0 fully saturated rings. The van der Waals surface area contributed by atoms with Crippen LogP contribution in [0, 0.1) is 0 Å². The summed E-state index contributed by atoms with van der Waals surface area (Å²) < 4.78 is 8.70. The van der Waals surface area contributed by atoms with Gasteiger partial charge in [0.2, 0.25) is 0 Å². The second kappa shape index (κ2) is 8.58. The fourth-order valence-electron chi connectivity index (χ4n) is 0.671. The predicted octanol–water partition coefficient (Wildman–Crippen LogP) is -0.345. The average molecular weight is 227 g/mol. The molecule has 0 saturated heterocycles. The van der Waals surface area contributed by atoms with Crippen molar-refractivity contribution < 1.29 is 19.1 Å². The van der Waals surface area contributed by atoms with Crippen LogP contribution in [0.1, 0.15) is 6.42 Å². The first kappa shape index (κ1) is 15.5. The van der Waals surface area contributed by atoms with E-state index >= 15 is 0 Å². The number of hydrogen-bond acceptors (Lipinski definition) is 5. The molecule has 0 aromatic rings. The number of esters is 1. The molecule has 0 spiro atoms. The number of methoxy groups -OCH3 is 2. The summed E-state index contributed by atoms with van der Waals surface area (Å²) in [6.45, 7) is 0.281. The Balaban J connectivity index is 0. The summed E-state index contributed by atoms with van der Waals surface area (Å²) in [6, 6.07) is -0.706. The molecule has 0 aliphatic heterocycles. The van der Waals surface area contributed by atoms with Gasteiger partial charge < -0.3 is 20.5 Å². The lowest BCUT2D eigenvalue weighted by atomic mass is 10.2. The number of carbonyl (C=O) groups excluding carboxylic acids is 2. The van der Waals surface area contributed by atoms with E-state index < -0.39 is 18.1 Å². The smallest absolute Gasteiger partial charge is 0.406 e. The summed E-state index contributed by atoms with van der Waals surface area (Å²) >= 11 is 0. The minimum absolute atomic E-state index is 0. The lowest BCUT2D eigenvalue weighted by Gasteiger charge is -2.08. The van der Waals surface area contributed by atoms with Crippen molar-refractivity contribution in [3.05, 3.63) is 0 Å². The second-order valence-electron chi connectivity index (χ2n) is 2.34. The average Bonchev–Trinajstić information content (AvgIpc) is 2.15. The van der Waals surface area contributed by atoms with Crippen LogP contribution < -0.4 is 11.1 Å². The number of carbonyl (C=O) groups is 2. The number of rotatable bonds is 4. The first-order valence-corrected chi connectivity index (χ1v) is 3.77. The third-order valence-corrected chi connectivity index (χ3v) is 1.41. The van der Waals surface area contributed by atoms with Crippen molar-refractivity contribution in [3.8, 4) is 0 Å². The first-order chi connectivity index (χ1) is 6.11. The van der Waals surface area contributed by atoms with Gasteiger partial charge in [-0.2, -0.15) is 0 Å². The minimum atomic E-state index is -0.706. The molecule has 0 aromatic carbocycles. The highest BCUT2D eigenvalue weighted by Gasteiger charge is 2.13. The molecule has 0 rings (SSSR count). The van der Waals surface area contributed by atoms with Gasteiger partial charge >= 0.3 is 12.1 Å². The van der Waals surface area contributed by atoms with Gasteiger partial charge in [0.1, 0.15) is 6.04 Å². The summed E-state index contributed by atoms with van der Waals surface area (Å²) in [6.07, 6.45) is -0.223. The highest BCUT2D eigenvalue weighted by atomic mass is 35.5. The van der Waals surface area contributed by atoms with Crippen LogP contribution in [0.15, 0.2) is 0 Å². The van der Waals surface area contributed by atoms with Gasteiger partial charge in [-0.05, 0) is 6.42 Å². The molecule has 1 atom stereocenters. The van der Waals surface area contributed by atoms with Crippen LogP contribution in [0.3, 0.4) is 0 Å². The van der Waals surface area contributed by atoms with Crippen LogP contribution in [0.25, 0.3) is 0 Å². The van der Waals surface area contributed by atoms with Crippen LogP contribution in [-0.4, -0.2) is 38.9 Å². The van der Waals surface area contributed by atoms with Gasteiger partial charge in [-0.15, -0.1) is 12.4 Å². The molecular weight excluding hydrogens is 212 g/mol. The van der Waals surface area contributed by atoms with Crippen LogP contribution in [-0.2, 0) is 14.3 Å². The Morgan fingerprint density at radius 3 is 2.36 bits per heavy atom. The monoisotopic (exact) mass is 226 g/mol. The van der Waals surface area contributed by atoms with Gasteiger partial charge in [-0.3, -0.25) is 4.79 Å². The fraction of sp³-hybridized carbons (Fsp3) is 0.714. The van der Waals surface area contributed by atoms with Crippen LogP contribution >= 0.6 is 12.4 Å². The van der Waals surface area contributed by atoms with E-state index in [0.717, 1.165) is 0 Å². The van der Waals surface area contributed by atoms with E-state index in [9.17, 15) is 9.59 Å². The number of ether oxygens (including phenoxy) is 2. The topological polar surface area (TPSA) is 90.6 Å². The Morgan fingerprint density at radius 2 is 1.93 bits per heavy atom. The zero-order valence-corrected chi connectivity index (χ0v) is 8.93. The van der Waals surface area contributed by atoms with Crippen LogP contribution in [0.4, 0.5) is 4.79 Å². The zero-order valence-electron chi connectivity index (χ0n) is 8.11. The van der Waals surface area contributed by atoms with Crippen molar-refractivity contribution in [2.75, 3.05) is 20.8 Å². The van der Waals surface area contributed by atoms with Crippen LogP contribution in [0.5, 0.6) is 0 Å². The third-order valence-electron chi connectivity index (χ3n) is 1.41. The quantitative estimate of drug-likeness (QED) is 0.640. The summed E-state index contributed by atoms with van der Waals surface area (Å²) in [4.78, 5) is 21.3. The summed E-state index contributed by atoms with van der Waals surface area (Å²) in [5.74, 6) is -0.494. The van der Waals surface area contributed by atoms with Crippen molar-refractivity contribution in [2.45, 2.75) is 12.5 Å². The molecule has 0 aliphatic carbocycles. The normalized spacial score (nSPS) is 10.8. The molecule has 6 nitrogen and oxygen atoms in total. The maximum absolute atomic E-state index is 10.8. The summed E-state index contributed by atoms with van der Waals surface area (Å²) in [7, 11) is 2.52. The number of amides is 1. The van der Waals surface area contributed by atoms with Crippen molar-refractivity contribution >= 4 is 24.5 Å². The number of hydrogen-bond donors (Lipinski definition) is 2. The summed E-state index contributed by atoms with van der Waals surface area (Å²) in [5, 5.41) is 2.39. The third kappa shape index (κ3) is 6.50. The molecule has 0 aromatic heterocycles. The number of halogens is 1. The Kier molecular flexibility index (Phi) is 9.48. The van der Waals surface area contributed by atoms with Crippen LogP contribution in [0.2, 0.25) is 0 Å². The maximum atomic E-state index is 10.8. The Labute approximate surface area is 88.5 Å². The number of alkyl carbamates (subject to hydrolysis) is 1. The van der Waals surface area contributed by atoms with Crippen molar-refractivity contribution in [1.29, 1.82) is 0 Å². The molecule has 7 heteroatoms. The largest absolute Gasteiger partial charge is 0.468 e. The van der Waals surface area contributed by atoms with Crippen molar-refractivity contribution in [1.82, 2.24) is 5.32 Å². The highest BCUT2D eigenvalue weighted by Crippen LogP contribution is 1.89. The van der Waals surface area contributed by atoms with E-state index in [1.165, 1.54) is 14.2 Å². The fourth-order valence-corrected chi connectivity index (χ4v) is 0.671. The maximum Gasteiger partial charge on any atom is 0.406 e. The highest BCUT2D eigenvalue weighted by molar-refractivity contribution is 5.85. The molecule has 0 bridgehead atoms. The molecule has 0 unspecified atom stereocenters. The molecule has 1 amide bonds. The molecule has 14 heavy (non-hydrogen) atoms. The van der Waals surface area contributed by atoms with E-state index in [1.54, 1.807) is 0 Å². The molecule has 84 valence electrons. The first-order valence-electron chi connectivity index (χ1n) is 3.77. The van der Waals surface area contributed by atoms with E-state index in [1.807, 2.05) is 0 Å². The van der Waals surface area contributed by atoms with E-state index in [-0.39, 0.29) is 19.0 Å². The lowest BCUT2D eigenvalue weighted by Crippen LogP contribution is -2.36. The predicted molar refractivity (Wildman–Crippen MR) is 52.3 cm³/mol. The molecule has 0 heterocycles. The lowest BCUT2D eigenvalue weighted by molar-refractivity contribution is -0.142. The molecule has 0 saturated carbocycles. The zero-order chi connectivity index (χ0) is 10.3. The Hall–Kier alpha value is -1.01. The van der Waals surface area contributed by atoms with Gasteiger partial charge in [0.15, 0.2) is 0 Å². The molecular formula is C7H15ClN2O4. The molecule has 3 N–H and O–H groups in total. The SMILES string of the molecule is COC(=O)NCC[C@H](N)C(=O)OC.Cl. The standard InChI is InChI=1S/C7H14N2O4.ClH/c1-12-6(10)5(8)3-4-9-7(11)13-2;/h5H,3-4,8H2,1-2H3,(H,9,11);1H/t5-;/m0./s1. The number of nitrogens with one attached hydrogen (secondary N) is 1. The minimum Gasteiger partial charge on any atom is -0.468 e. The van der Waals surface area contributed by atoms with E-state index in [4.69, 9.17) is 5.73 Å². The number of nitrogens with two attached hydrogens (primary N) is 1. The Bertz CT molecular complexity index is 189. The van der Waals surface area contributed by atoms with Gasteiger partial charge in [-0.25, -0.2) is 4.79 Å². The molecule has 0 radical (unpaired) electrons. The van der Waals surface area contributed by atoms with Gasteiger partial charge in [-0.1, -0.05) is 0 Å². The van der Waals surface area contributed by atoms with E-state index in [2.05, 4.69) is 14.8 Å². The Morgan fingerprint density at radius 1 is 1.36 bits per heavy atom. The summed E-state index contributed by atoms with van der Waals surface area (Å²) in [5.41, 5.74) is 5.39. The van der Waals surface area contributed by atoms with Gasteiger partial charge in [0.05, 0.1) is 14.2 Å². The second-order valence-corrected chi connectivity index (χ2v) is 2.34. The van der Waals surface area contributed by atoms with Gasteiger partial charge in [0, 0.05) is 6.54 Å². The van der Waals surface area contributed by atoms with Gasteiger partial charge in [0.25, 0.3) is 0 Å². The van der Waals surface area contributed by atoms with E-state index in [0.29, 0.717) is 6.42 Å².